The lowest BCUT2D eigenvalue weighted by Crippen LogP contribution is -2.00. The van der Waals surface area contributed by atoms with Crippen molar-refractivity contribution in [1.82, 2.24) is 49.0 Å². The molecule has 0 N–H and O–H groups in total. The molecule has 0 fully saturated rings. The van der Waals surface area contributed by atoms with Crippen LogP contribution in [0.5, 0.6) is 0 Å². The van der Waals surface area contributed by atoms with Crippen LogP contribution in [0.1, 0.15) is 0 Å². The molecule has 12 heteroatoms. The number of hydrogen-bond acceptors (Lipinski definition) is 10. The average molecular weight is 1470 g/mol. The fraction of sp³-hybridized carbons (Fsp3) is 0. The Hall–Kier alpha value is -14.6. The topological polar surface area (TPSA) is 113 Å². The van der Waals surface area contributed by atoms with Gasteiger partial charge in [-0.25, -0.2) is 39.9 Å². The highest BCUT2D eigenvalue weighted by Gasteiger charge is 2.21. The molecule has 0 aliphatic heterocycles. The smallest absolute Gasteiger partial charge is 0.164 e. The number of para-hydroxylation sites is 4. The van der Waals surface area contributed by atoms with Crippen molar-refractivity contribution >= 4 is 108 Å². The molecular formula is C100H62N10S2. The number of benzene rings is 16. The maximum Gasteiger partial charge on any atom is 0.164 e. The predicted octanol–water partition coefficient (Wildman–Crippen LogP) is 26.1. The van der Waals surface area contributed by atoms with Crippen molar-refractivity contribution in [2.75, 3.05) is 0 Å². The van der Waals surface area contributed by atoms with E-state index < -0.39 is 0 Å². The van der Waals surface area contributed by atoms with E-state index in [-0.39, 0.29) is 0 Å². The molecule has 0 unspecified atom stereocenters. The maximum atomic E-state index is 4.97. The predicted molar refractivity (Wildman–Crippen MR) is 464 cm³/mol. The minimum absolute atomic E-state index is 0.645. The SMILES string of the molecule is c1ccc(-c2nc(-c3ccccc3)nc(-c3ccc(-c4ccc5cc(-n6c7ccccc7c7ccc(-c8nc9ccccc9s8)cc76)ccc5c4)cc3)n2)cc1.c1ccc(-c2nc(-c3ccccc3)nc(-c3ccc4ccc(-c5ccc(-n6c7ccccc7c7ccc(-c8nc9ccccc9s8)cc76)cc5)cc4c3)n2)cc1. The van der Waals surface area contributed by atoms with E-state index in [2.05, 4.69) is 252 Å². The van der Waals surface area contributed by atoms with Crippen LogP contribution in [-0.4, -0.2) is 49.0 Å². The molecule has 0 radical (unpaired) electrons. The van der Waals surface area contributed by atoms with Crippen LogP contribution in [0.15, 0.2) is 376 Å². The molecule has 0 aliphatic carbocycles. The number of aromatic nitrogens is 10. The molecule has 0 saturated carbocycles. The van der Waals surface area contributed by atoms with Crippen LogP contribution in [0.25, 0.3) is 209 Å². The van der Waals surface area contributed by atoms with E-state index >= 15 is 0 Å². The first-order valence-electron chi connectivity index (χ1n) is 37.3. The molecule has 6 heterocycles. The first kappa shape index (κ1) is 65.7. The summed E-state index contributed by atoms with van der Waals surface area (Å²) in [5.41, 5.74) is 21.5. The second kappa shape index (κ2) is 27.9. The van der Waals surface area contributed by atoms with E-state index in [1.54, 1.807) is 22.7 Å². The number of nitrogens with zero attached hydrogens (tertiary/aromatic N) is 10. The van der Waals surface area contributed by atoms with Crippen LogP contribution in [0, 0.1) is 0 Å². The van der Waals surface area contributed by atoms with Gasteiger partial charge in [-0.3, -0.25) is 0 Å². The molecule has 0 spiro atoms. The number of fused-ring (bicyclic) bond motifs is 10. The average Bonchev–Trinajstić information content (AvgIpc) is 1.58. The summed E-state index contributed by atoms with van der Waals surface area (Å²) in [6.07, 6.45) is 0. The van der Waals surface area contributed by atoms with Crippen molar-refractivity contribution in [3.8, 4) is 123 Å². The molecule has 112 heavy (non-hydrogen) atoms. The van der Waals surface area contributed by atoms with Crippen molar-refractivity contribution in [3.63, 3.8) is 0 Å². The van der Waals surface area contributed by atoms with Gasteiger partial charge in [-0.2, -0.15) is 0 Å². The van der Waals surface area contributed by atoms with Gasteiger partial charge in [0.15, 0.2) is 34.9 Å². The molecule has 16 aromatic carbocycles. The Morgan fingerprint density at radius 3 is 0.964 bits per heavy atom. The highest BCUT2D eigenvalue weighted by molar-refractivity contribution is 7.22. The summed E-state index contributed by atoms with van der Waals surface area (Å²) >= 11 is 3.47. The highest BCUT2D eigenvalue weighted by atomic mass is 32.1. The highest BCUT2D eigenvalue weighted by Crippen LogP contribution is 2.42. The minimum atomic E-state index is 0.645. The number of rotatable bonds is 12. The van der Waals surface area contributed by atoms with Gasteiger partial charge in [-0.15, -0.1) is 22.7 Å². The van der Waals surface area contributed by atoms with E-state index in [9.17, 15) is 0 Å². The molecule has 22 rings (SSSR count). The molecule has 524 valence electrons. The van der Waals surface area contributed by atoms with Crippen molar-refractivity contribution in [2.24, 2.45) is 0 Å². The molecule has 22 aromatic rings. The second-order valence-electron chi connectivity index (χ2n) is 27.9. The molecule has 10 nitrogen and oxygen atoms in total. The monoisotopic (exact) mass is 1470 g/mol. The van der Waals surface area contributed by atoms with Gasteiger partial charge in [-0.1, -0.05) is 285 Å². The van der Waals surface area contributed by atoms with E-state index in [0.29, 0.717) is 34.9 Å². The molecule has 0 bridgehead atoms. The Morgan fingerprint density at radius 2 is 0.491 bits per heavy atom. The molecule has 6 aromatic heterocycles. The summed E-state index contributed by atoms with van der Waals surface area (Å²) in [6, 6.07) is 132. The largest absolute Gasteiger partial charge is 0.309 e. The fourth-order valence-corrected chi connectivity index (χ4v) is 17.3. The molecule has 0 atom stereocenters. The third-order valence-corrected chi connectivity index (χ3v) is 23.1. The van der Waals surface area contributed by atoms with Crippen molar-refractivity contribution in [2.45, 2.75) is 0 Å². The van der Waals surface area contributed by atoms with Crippen molar-refractivity contribution in [3.05, 3.63) is 376 Å². The van der Waals surface area contributed by atoms with Crippen molar-refractivity contribution < 1.29 is 0 Å². The van der Waals surface area contributed by atoms with Crippen LogP contribution in [0.4, 0.5) is 0 Å². The fourth-order valence-electron chi connectivity index (χ4n) is 15.4. The number of hydrogen-bond donors (Lipinski definition) is 0. The quantitative estimate of drug-likeness (QED) is 0.119. The lowest BCUT2D eigenvalue weighted by atomic mass is 9.99. The van der Waals surface area contributed by atoms with E-state index in [1.807, 2.05) is 133 Å². The third-order valence-electron chi connectivity index (χ3n) is 20.9. The summed E-state index contributed by atoms with van der Waals surface area (Å²) in [5, 5.41) is 11.6. The Labute approximate surface area is 652 Å². The zero-order valence-corrected chi connectivity index (χ0v) is 61.7. The summed E-state index contributed by atoms with van der Waals surface area (Å²) in [5.74, 6) is 3.91. The zero-order chi connectivity index (χ0) is 74.0. The second-order valence-corrected chi connectivity index (χ2v) is 29.9. The molecule has 0 saturated heterocycles. The Morgan fingerprint density at radius 1 is 0.179 bits per heavy atom. The van der Waals surface area contributed by atoms with Gasteiger partial charge in [0.25, 0.3) is 0 Å². The van der Waals surface area contributed by atoms with Gasteiger partial charge in [0, 0.05) is 77.4 Å². The minimum Gasteiger partial charge on any atom is -0.309 e. The molecule has 0 amide bonds. The summed E-state index contributed by atoms with van der Waals surface area (Å²) < 4.78 is 7.16. The van der Waals surface area contributed by atoms with E-state index in [1.165, 1.54) is 58.3 Å². The van der Waals surface area contributed by atoms with Gasteiger partial charge < -0.3 is 9.13 Å². The standard InChI is InChI=1S/2C50H31N5S/c1-3-11-34(12-4-1)47-52-48(35-13-5-2-6-14-35)54-49(53-47)37-22-20-33-19-21-36(29-39(33)30-37)32-23-26-40(27-24-32)55-44-17-9-7-15-41(44)42-28-25-38(31-45(42)55)50-51-43-16-8-10-18-46(43)56-50;1-3-11-33(12-4-1)47-52-48(34-13-5-2-6-14-34)54-49(53-47)35-21-19-32(20-22-35)36-23-24-38-30-40(27-25-37(38)29-36)55-44-17-9-7-15-41(44)42-28-26-39(31-45(42)55)50-51-43-16-8-10-18-46(43)56-50/h2*1-31H. The lowest BCUT2D eigenvalue weighted by molar-refractivity contribution is 1.07. The maximum absolute atomic E-state index is 4.97. The van der Waals surface area contributed by atoms with Crippen molar-refractivity contribution in [1.29, 1.82) is 0 Å². The summed E-state index contributed by atoms with van der Waals surface area (Å²) in [7, 11) is 0. The van der Waals surface area contributed by atoms with Crippen LogP contribution < -0.4 is 0 Å². The van der Waals surface area contributed by atoms with Crippen LogP contribution in [0.2, 0.25) is 0 Å². The van der Waals surface area contributed by atoms with Gasteiger partial charge >= 0.3 is 0 Å². The van der Waals surface area contributed by atoms with E-state index in [4.69, 9.17) is 39.9 Å². The number of thiazole rings is 2. The first-order valence-corrected chi connectivity index (χ1v) is 38.9. The van der Waals surface area contributed by atoms with Crippen LogP contribution in [-0.2, 0) is 0 Å². The van der Waals surface area contributed by atoms with E-state index in [0.717, 1.165) is 115 Å². The molecular weight excluding hydrogens is 1410 g/mol. The van der Waals surface area contributed by atoms with Crippen LogP contribution >= 0.6 is 22.7 Å². The lowest BCUT2D eigenvalue weighted by Gasteiger charge is -2.11. The Balaban J connectivity index is 0.000000141. The third kappa shape index (κ3) is 12.3. The normalized spacial score (nSPS) is 11.6. The zero-order valence-electron chi connectivity index (χ0n) is 60.1. The van der Waals surface area contributed by atoms with Crippen LogP contribution in [0.3, 0.4) is 0 Å². The summed E-state index contributed by atoms with van der Waals surface area (Å²) in [6.45, 7) is 0. The first-order chi connectivity index (χ1) is 55.4. The summed E-state index contributed by atoms with van der Waals surface area (Å²) in [4.78, 5) is 39.4. The van der Waals surface area contributed by atoms with Gasteiger partial charge in [-0.05, 0) is 135 Å². The van der Waals surface area contributed by atoms with Gasteiger partial charge in [0.1, 0.15) is 10.0 Å². The molecule has 0 aliphatic rings. The van der Waals surface area contributed by atoms with Gasteiger partial charge in [0.2, 0.25) is 0 Å². The Bertz CT molecular complexity index is 7180. The Kier molecular flexibility index (Phi) is 16.4. The van der Waals surface area contributed by atoms with Gasteiger partial charge in [0.05, 0.1) is 42.5 Å².